The molecule has 5 rings (SSSR count). The van der Waals surface area contributed by atoms with E-state index in [0.29, 0.717) is 36.6 Å². The van der Waals surface area contributed by atoms with Gasteiger partial charge in [0.15, 0.2) is 0 Å². The number of methoxy groups -OCH3 is 2. The zero-order chi connectivity index (χ0) is 23.3. The summed E-state index contributed by atoms with van der Waals surface area (Å²) in [6.45, 7) is 2.20. The van der Waals surface area contributed by atoms with Gasteiger partial charge in [0.25, 0.3) is 5.56 Å². The number of aromatic nitrogens is 2. The van der Waals surface area contributed by atoms with Crippen LogP contribution in [-0.4, -0.2) is 48.6 Å². The summed E-state index contributed by atoms with van der Waals surface area (Å²) in [5.41, 5.74) is 4.28. The highest BCUT2D eigenvalue weighted by atomic mass is 16.5. The highest BCUT2D eigenvalue weighted by Crippen LogP contribution is 2.47. The van der Waals surface area contributed by atoms with Crippen LogP contribution < -0.4 is 30.8 Å². The molecule has 3 N–H and O–H groups in total. The van der Waals surface area contributed by atoms with Crippen LogP contribution in [0.15, 0.2) is 29.1 Å². The van der Waals surface area contributed by atoms with Crippen LogP contribution in [0.4, 0.5) is 5.95 Å². The van der Waals surface area contributed by atoms with Gasteiger partial charge >= 0.3 is 0 Å². The number of ketones is 1. The number of rotatable bonds is 4. The Labute approximate surface area is 190 Å². The van der Waals surface area contributed by atoms with E-state index in [0.717, 1.165) is 5.56 Å². The number of fused-ring (bicyclic) bond motifs is 3. The molecular weight excluding hydrogens is 426 g/mol. The number of Topliss-reactive ketones (excluding diaryl/α,β-unsaturated/α-hetero) is 1. The van der Waals surface area contributed by atoms with Gasteiger partial charge < -0.3 is 9.47 Å². The van der Waals surface area contributed by atoms with E-state index in [9.17, 15) is 14.4 Å². The van der Waals surface area contributed by atoms with Gasteiger partial charge in [0.2, 0.25) is 11.9 Å². The van der Waals surface area contributed by atoms with Gasteiger partial charge in [-0.15, -0.1) is 0 Å². The zero-order valence-corrected chi connectivity index (χ0v) is 18.8. The van der Waals surface area contributed by atoms with Gasteiger partial charge in [-0.25, -0.2) is 15.4 Å². The molecule has 1 aromatic carbocycles. The third kappa shape index (κ3) is 3.68. The summed E-state index contributed by atoms with van der Waals surface area (Å²) in [7, 11) is 3.20. The van der Waals surface area contributed by atoms with Crippen LogP contribution in [0.2, 0.25) is 0 Å². The summed E-state index contributed by atoms with van der Waals surface area (Å²) in [4.78, 5) is 45.5. The van der Waals surface area contributed by atoms with Crippen molar-refractivity contribution >= 4 is 17.6 Å². The molecule has 1 aromatic heterocycles. The highest BCUT2D eigenvalue weighted by molar-refractivity contribution is 5.96. The van der Waals surface area contributed by atoms with E-state index in [2.05, 4.69) is 20.7 Å². The van der Waals surface area contributed by atoms with Crippen molar-refractivity contribution in [2.45, 2.75) is 31.8 Å². The average molecular weight is 453 g/mol. The van der Waals surface area contributed by atoms with Crippen molar-refractivity contribution in [1.82, 2.24) is 20.7 Å². The second-order valence-electron chi connectivity index (χ2n) is 8.91. The van der Waals surface area contributed by atoms with Crippen molar-refractivity contribution in [3.63, 3.8) is 0 Å². The first-order chi connectivity index (χ1) is 15.9. The van der Waals surface area contributed by atoms with Crippen molar-refractivity contribution in [2.75, 3.05) is 25.8 Å². The van der Waals surface area contributed by atoms with Crippen molar-refractivity contribution in [3.05, 3.63) is 45.9 Å². The summed E-state index contributed by atoms with van der Waals surface area (Å²) in [6.07, 6.45) is 0.746. The van der Waals surface area contributed by atoms with Gasteiger partial charge in [0.05, 0.1) is 26.3 Å². The quantitative estimate of drug-likeness (QED) is 0.623. The fraction of sp³-hybridized carbons (Fsp3) is 0.478. The van der Waals surface area contributed by atoms with Crippen LogP contribution in [0.3, 0.4) is 0 Å². The third-order valence-electron chi connectivity index (χ3n) is 7.04. The highest BCUT2D eigenvalue weighted by Gasteiger charge is 2.54. The topological polar surface area (TPSA) is 126 Å². The Morgan fingerprint density at radius 1 is 1.12 bits per heavy atom. The molecule has 1 aliphatic carbocycles. The Hall–Kier alpha value is -3.24. The molecule has 33 heavy (non-hydrogen) atoms. The summed E-state index contributed by atoms with van der Waals surface area (Å²) >= 11 is 0. The summed E-state index contributed by atoms with van der Waals surface area (Å²) in [5.74, 6) is 0.575. The summed E-state index contributed by atoms with van der Waals surface area (Å²) < 4.78 is 10.9. The molecule has 2 saturated heterocycles. The molecular formula is C23H27N5O5. The number of hydrogen-bond acceptors (Lipinski definition) is 8. The third-order valence-corrected chi connectivity index (χ3v) is 7.04. The molecule has 2 aliphatic heterocycles. The molecule has 1 saturated carbocycles. The molecule has 0 spiro atoms. The fourth-order valence-electron chi connectivity index (χ4n) is 5.53. The monoisotopic (exact) mass is 453 g/mol. The molecule has 5 atom stereocenters. The van der Waals surface area contributed by atoms with Crippen molar-refractivity contribution < 1.29 is 19.1 Å². The van der Waals surface area contributed by atoms with Crippen LogP contribution in [0.5, 0.6) is 11.5 Å². The number of piperidine rings is 1. The molecule has 0 radical (unpaired) electrons. The predicted molar refractivity (Wildman–Crippen MR) is 119 cm³/mol. The van der Waals surface area contributed by atoms with Gasteiger partial charge in [-0.1, -0.05) is 6.07 Å². The van der Waals surface area contributed by atoms with Gasteiger partial charge in [-0.3, -0.25) is 24.7 Å². The molecule has 3 heterocycles. The van der Waals surface area contributed by atoms with Gasteiger partial charge in [-0.2, -0.15) is 0 Å². The number of carbonyl (C=O) groups is 2. The Morgan fingerprint density at radius 2 is 1.94 bits per heavy atom. The Morgan fingerprint density at radius 3 is 2.67 bits per heavy atom. The maximum Gasteiger partial charge on any atom is 0.252 e. The second kappa shape index (κ2) is 8.27. The van der Waals surface area contributed by atoms with E-state index in [1.807, 2.05) is 18.2 Å². The molecule has 10 heteroatoms. The number of hydrazine groups is 1. The van der Waals surface area contributed by atoms with E-state index >= 15 is 0 Å². The lowest BCUT2D eigenvalue weighted by Gasteiger charge is -2.43. The van der Waals surface area contributed by atoms with Gasteiger partial charge in [0, 0.05) is 36.7 Å². The Kier molecular flexibility index (Phi) is 5.41. The van der Waals surface area contributed by atoms with Gasteiger partial charge in [0.1, 0.15) is 17.3 Å². The zero-order valence-electron chi connectivity index (χ0n) is 18.8. The maximum absolute atomic E-state index is 13.5. The molecule has 0 bridgehead atoms. The Balaban J connectivity index is 1.45. The molecule has 1 amide bonds. The number of H-pyrrole nitrogens is 1. The van der Waals surface area contributed by atoms with Crippen molar-refractivity contribution in [1.29, 1.82) is 0 Å². The normalized spacial score (nSPS) is 28.9. The number of aryl methyl sites for hydroxylation is 1. The number of ether oxygens (including phenoxy) is 2. The molecule has 174 valence electrons. The number of anilines is 1. The first-order valence-corrected chi connectivity index (χ1v) is 11.1. The van der Waals surface area contributed by atoms with Crippen LogP contribution in [0, 0.1) is 24.7 Å². The van der Waals surface area contributed by atoms with E-state index in [-0.39, 0.29) is 47.1 Å². The largest absolute Gasteiger partial charge is 0.497 e. The minimum atomic E-state index is -0.453. The van der Waals surface area contributed by atoms with E-state index in [4.69, 9.17) is 9.47 Å². The molecule has 3 aliphatic rings. The lowest BCUT2D eigenvalue weighted by molar-refractivity contribution is -0.133. The van der Waals surface area contributed by atoms with Gasteiger partial charge in [-0.05, 0) is 36.8 Å². The maximum atomic E-state index is 13.5. The fourth-order valence-corrected chi connectivity index (χ4v) is 5.53. The standard InChI is InChI=1S/C23H27N5O5/c1-11-6-19(30)26-23(25-11)28-22(31)20-15-7-12(8-17(29)16(15)10-24-21(20)27-28)14-5-4-13(32-2)9-18(14)33-3/h4-6,9,12,15-16,20-21,24,27H,7-8,10H2,1-3H3,(H,25,26,30). The van der Waals surface area contributed by atoms with Crippen molar-refractivity contribution in [3.8, 4) is 11.5 Å². The van der Waals surface area contributed by atoms with Crippen LogP contribution in [-0.2, 0) is 9.59 Å². The lowest BCUT2D eigenvalue weighted by Crippen LogP contribution is -2.57. The number of nitrogens with zero attached hydrogens (tertiary/aromatic N) is 2. The number of nitrogens with one attached hydrogen (secondary N) is 3. The Bertz CT molecular complexity index is 1160. The summed E-state index contributed by atoms with van der Waals surface area (Å²) in [5, 5.41) is 4.61. The van der Waals surface area contributed by atoms with E-state index in [1.54, 1.807) is 21.1 Å². The number of aromatic amines is 1. The summed E-state index contributed by atoms with van der Waals surface area (Å²) in [6, 6.07) is 7.00. The number of hydrogen-bond donors (Lipinski definition) is 3. The van der Waals surface area contributed by atoms with Crippen LogP contribution >= 0.6 is 0 Å². The average Bonchev–Trinajstić information content (AvgIpc) is 3.14. The molecule has 3 fully saturated rings. The molecule has 10 nitrogen and oxygen atoms in total. The first-order valence-electron chi connectivity index (χ1n) is 11.1. The molecule has 5 unspecified atom stereocenters. The minimum absolute atomic E-state index is 0.0582. The van der Waals surface area contributed by atoms with E-state index < -0.39 is 5.92 Å². The number of benzene rings is 1. The first kappa shape index (κ1) is 21.6. The number of amides is 1. The SMILES string of the molecule is COc1ccc(C2CC(=O)C3CNC4NN(c5nc(C)cc(=O)[nH]5)C(=O)C4C3C2)c(OC)c1. The predicted octanol–water partition coefficient (Wildman–Crippen LogP) is 0.871. The molecule has 2 aromatic rings. The minimum Gasteiger partial charge on any atom is -0.497 e. The van der Waals surface area contributed by atoms with Crippen LogP contribution in [0.1, 0.15) is 30.0 Å². The van der Waals surface area contributed by atoms with Crippen molar-refractivity contribution in [2.24, 2.45) is 17.8 Å². The van der Waals surface area contributed by atoms with E-state index in [1.165, 1.54) is 11.1 Å². The number of carbonyl (C=O) groups excluding carboxylic acids is 2. The second-order valence-corrected chi connectivity index (χ2v) is 8.91. The smallest absolute Gasteiger partial charge is 0.252 e. The van der Waals surface area contributed by atoms with Crippen LogP contribution in [0.25, 0.3) is 0 Å². The lowest BCUT2D eigenvalue weighted by atomic mass is 9.64.